The number of rotatable bonds is 6. The highest BCUT2D eigenvalue weighted by atomic mass is 16.5. The molecule has 4 aromatic rings. The first-order valence-corrected chi connectivity index (χ1v) is 10.0. The molecule has 0 radical (unpaired) electrons. The average Bonchev–Trinajstić information content (AvgIpc) is 3.01. The SMILES string of the molecule is Cc1ccc(C)c(Oc2ccc(CNC(=O)Cn3c(=O)n(C)c4ccccc43)cn2)c1. The van der Waals surface area contributed by atoms with Gasteiger partial charge in [0.05, 0.1) is 11.0 Å². The van der Waals surface area contributed by atoms with Crippen molar-refractivity contribution in [2.45, 2.75) is 26.9 Å². The van der Waals surface area contributed by atoms with Crippen molar-refractivity contribution in [3.63, 3.8) is 0 Å². The summed E-state index contributed by atoms with van der Waals surface area (Å²) in [6, 6.07) is 17.1. The van der Waals surface area contributed by atoms with Crippen LogP contribution in [0.15, 0.2) is 65.6 Å². The van der Waals surface area contributed by atoms with Crippen molar-refractivity contribution >= 4 is 16.9 Å². The molecule has 0 saturated carbocycles. The first-order chi connectivity index (χ1) is 14.9. The second-order valence-electron chi connectivity index (χ2n) is 7.57. The molecule has 158 valence electrons. The molecule has 2 heterocycles. The molecule has 0 atom stereocenters. The highest BCUT2D eigenvalue weighted by Crippen LogP contribution is 2.24. The monoisotopic (exact) mass is 416 g/mol. The fourth-order valence-corrected chi connectivity index (χ4v) is 3.42. The van der Waals surface area contributed by atoms with Gasteiger partial charge in [0.1, 0.15) is 12.3 Å². The summed E-state index contributed by atoms with van der Waals surface area (Å²) < 4.78 is 8.89. The molecule has 0 aliphatic heterocycles. The number of aromatic nitrogens is 3. The largest absolute Gasteiger partial charge is 0.439 e. The van der Waals surface area contributed by atoms with Gasteiger partial charge in [0, 0.05) is 25.9 Å². The van der Waals surface area contributed by atoms with Crippen LogP contribution in [-0.4, -0.2) is 20.0 Å². The van der Waals surface area contributed by atoms with Gasteiger partial charge in [-0.2, -0.15) is 0 Å². The number of carbonyl (C=O) groups is 1. The summed E-state index contributed by atoms with van der Waals surface area (Å²) >= 11 is 0. The molecule has 0 unspecified atom stereocenters. The first kappa shape index (κ1) is 20.4. The summed E-state index contributed by atoms with van der Waals surface area (Å²) in [6.07, 6.45) is 1.67. The van der Waals surface area contributed by atoms with Crippen LogP contribution in [0, 0.1) is 13.8 Å². The number of carbonyl (C=O) groups excluding carboxylic acids is 1. The van der Waals surface area contributed by atoms with E-state index >= 15 is 0 Å². The molecule has 7 nitrogen and oxygen atoms in total. The van der Waals surface area contributed by atoms with Crippen LogP contribution in [-0.2, 0) is 24.9 Å². The summed E-state index contributed by atoms with van der Waals surface area (Å²) in [5.74, 6) is 1.02. The van der Waals surface area contributed by atoms with Crippen LogP contribution in [0.3, 0.4) is 0 Å². The van der Waals surface area contributed by atoms with Gasteiger partial charge in [-0.3, -0.25) is 13.9 Å². The van der Waals surface area contributed by atoms with Crippen molar-refractivity contribution in [2.24, 2.45) is 7.05 Å². The maximum absolute atomic E-state index is 12.5. The molecule has 0 aliphatic rings. The van der Waals surface area contributed by atoms with E-state index in [-0.39, 0.29) is 18.1 Å². The van der Waals surface area contributed by atoms with Crippen LogP contribution in [0.25, 0.3) is 11.0 Å². The predicted octanol–water partition coefficient (Wildman–Crippen LogP) is 3.46. The normalized spacial score (nSPS) is 10.9. The van der Waals surface area contributed by atoms with Gasteiger partial charge in [0.25, 0.3) is 0 Å². The van der Waals surface area contributed by atoms with Gasteiger partial charge >= 0.3 is 5.69 Å². The Morgan fingerprint density at radius 2 is 1.84 bits per heavy atom. The van der Waals surface area contributed by atoms with Gasteiger partial charge in [-0.15, -0.1) is 0 Å². The number of para-hydroxylation sites is 2. The van der Waals surface area contributed by atoms with E-state index in [2.05, 4.69) is 10.3 Å². The second kappa shape index (κ2) is 8.47. The molecule has 31 heavy (non-hydrogen) atoms. The van der Waals surface area contributed by atoms with Gasteiger partial charge in [-0.05, 0) is 48.7 Å². The molecular formula is C24H24N4O3. The number of imidazole rings is 1. The zero-order valence-corrected chi connectivity index (χ0v) is 17.8. The predicted molar refractivity (Wildman–Crippen MR) is 119 cm³/mol. The molecule has 2 aromatic heterocycles. The summed E-state index contributed by atoms with van der Waals surface area (Å²) in [5, 5.41) is 2.85. The molecule has 0 aliphatic carbocycles. The Morgan fingerprint density at radius 1 is 1.06 bits per heavy atom. The smallest absolute Gasteiger partial charge is 0.329 e. The van der Waals surface area contributed by atoms with Crippen molar-refractivity contribution in [3.05, 3.63) is 88.0 Å². The Labute approximate surface area is 179 Å². The van der Waals surface area contributed by atoms with Gasteiger partial charge in [-0.25, -0.2) is 9.78 Å². The molecule has 0 saturated heterocycles. The number of benzene rings is 2. The molecule has 1 amide bonds. The fourth-order valence-electron chi connectivity index (χ4n) is 3.42. The number of fused-ring (bicyclic) bond motifs is 1. The minimum Gasteiger partial charge on any atom is -0.439 e. The van der Waals surface area contributed by atoms with Crippen molar-refractivity contribution in [3.8, 4) is 11.6 Å². The lowest BCUT2D eigenvalue weighted by molar-refractivity contribution is -0.121. The van der Waals surface area contributed by atoms with E-state index in [0.29, 0.717) is 12.4 Å². The Morgan fingerprint density at radius 3 is 2.58 bits per heavy atom. The summed E-state index contributed by atoms with van der Waals surface area (Å²) in [5.41, 5.74) is 4.30. The summed E-state index contributed by atoms with van der Waals surface area (Å²) in [6.45, 7) is 4.27. The molecule has 0 bridgehead atoms. The van der Waals surface area contributed by atoms with Crippen molar-refractivity contribution < 1.29 is 9.53 Å². The number of nitrogens with one attached hydrogen (secondary N) is 1. The molecule has 2 aromatic carbocycles. The van der Waals surface area contributed by atoms with Crippen LogP contribution in [0.4, 0.5) is 0 Å². The van der Waals surface area contributed by atoms with Crippen LogP contribution in [0.5, 0.6) is 11.6 Å². The van der Waals surface area contributed by atoms with E-state index in [9.17, 15) is 9.59 Å². The van der Waals surface area contributed by atoms with Gasteiger partial charge < -0.3 is 10.1 Å². The number of amides is 1. The van der Waals surface area contributed by atoms with Gasteiger partial charge in [0.15, 0.2) is 0 Å². The Balaban J connectivity index is 1.39. The Hall–Kier alpha value is -3.87. The number of aryl methyl sites for hydroxylation is 3. The molecule has 0 fully saturated rings. The summed E-state index contributed by atoms with van der Waals surface area (Å²) in [7, 11) is 1.70. The zero-order valence-electron chi connectivity index (χ0n) is 17.8. The molecular weight excluding hydrogens is 392 g/mol. The first-order valence-electron chi connectivity index (χ1n) is 10.0. The van der Waals surface area contributed by atoms with E-state index in [4.69, 9.17) is 4.74 Å². The average molecular weight is 416 g/mol. The van der Waals surface area contributed by atoms with E-state index < -0.39 is 0 Å². The second-order valence-corrected chi connectivity index (χ2v) is 7.57. The number of ether oxygens (including phenoxy) is 1. The molecule has 1 N–H and O–H groups in total. The van der Waals surface area contributed by atoms with E-state index in [1.54, 1.807) is 23.9 Å². The van der Waals surface area contributed by atoms with Gasteiger partial charge in [0.2, 0.25) is 11.8 Å². The van der Waals surface area contributed by atoms with Crippen LogP contribution >= 0.6 is 0 Å². The minimum absolute atomic E-state index is 0.0402. The van der Waals surface area contributed by atoms with E-state index in [1.807, 2.05) is 62.4 Å². The zero-order chi connectivity index (χ0) is 22.0. The Bertz CT molecular complexity index is 1300. The van der Waals surface area contributed by atoms with Crippen molar-refractivity contribution in [1.82, 2.24) is 19.4 Å². The number of hydrogen-bond donors (Lipinski definition) is 1. The maximum atomic E-state index is 12.5. The third kappa shape index (κ3) is 4.35. The van der Waals surface area contributed by atoms with Gasteiger partial charge in [-0.1, -0.05) is 30.3 Å². The van der Waals surface area contributed by atoms with Crippen molar-refractivity contribution in [1.29, 1.82) is 0 Å². The number of pyridine rings is 1. The highest BCUT2D eigenvalue weighted by molar-refractivity contribution is 5.80. The van der Waals surface area contributed by atoms with E-state index in [1.165, 1.54) is 4.57 Å². The minimum atomic E-state index is -0.242. The third-order valence-corrected chi connectivity index (χ3v) is 5.20. The maximum Gasteiger partial charge on any atom is 0.329 e. The lowest BCUT2D eigenvalue weighted by Crippen LogP contribution is -2.32. The third-order valence-electron chi connectivity index (χ3n) is 5.20. The summed E-state index contributed by atoms with van der Waals surface area (Å²) in [4.78, 5) is 29.2. The molecule has 0 spiro atoms. The topological polar surface area (TPSA) is 78.1 Å². The standard InChI is InChI=1S/C24H24N4O3/c1-16-8-9-17(2)21(12-16)31-23-11-10-18(14-26-23)13-25-22(29)15-28-20-7-5-4-6-19(20)27(3)24(28)30/h4-12,14H,13,15H2,1-3H3,(H,25,29). The fraction of sp³-hybridized carbons (Fsp3) is 0.208. The van der Waals surface area contributed by atoms with Crippen molar-refractivity contribution in [2.75, 3.05) is 0 Å². The quantitative estimate of drug-likeness (QED) is 0.522. The number of nitrogens with zero attached hydrogens (tertiary/aromatic N) is 3. The molecule has 7 heteroatoms. The van der Waals surface area contributed by atoms with Crippen LogP contribution < -0.4 is 15.7 Å². The lowest BCUT2D eigenvalue weighted by atomic mass is 10.1. The molecule has 4 rings (SSSR count). The van der Waals surface area contributed by atoms with Crippen LogP contribution in [0.1, 0.15) is 16.7 Å². The van der Waals surface area contributed by atoms with E-state index in [0.717, 1.165) is 33.5 Å². The van der Waals surface area contributed by atoms with Crippen LogP contribution in [0.2, 0.25) is 0 Å². The highest BCUT2D eigenvalue weighted by Gasteiger charge is 2.13. The Kier molecular flexibility index (Phi) is 5.58. The number of hydrogen-bond acceptors (Lipinski definition) is 4. The lowest BCUT2D eigenvalue weighted by Gasteiger charge is -2.10.